The number of piperazine rings is 1. The van der Waals surface area contributed by atoms with Gasteiger partial charge in [-0.25, -0.2) is 4.98 Å². The van der Waals surface area contributed by atoms with Crippen molar-refractivity contribution in [3.8, 4) is 17.2 Å². The minimum absolute atomic E-state index is 0.00205. The highest BCUT2D eigenvalue weighted by Gasteiger charge is 2.32. The molecule has 2 unspecified atom stereocenters. The molecule has 1 amide bonds. The fourth-order valence-electron chi connectivity index (χ4n) is 5.18. The van der Waals surface area contributed by atoms with Gasteiger partial charge in [0.05, 0.1) is 36.9 Å². The van der Waals surface area contributed by atoms with Crippen molar-refractivity contribution in [3.63, 3.8) is 0 Å². The molecule has 8 heteroatoms. The Labute approximate surface area is 222 Å². The van der Waals surface area contributed by atoms with Crippen molar-refractivity contribution >= 4 is 16.8 Å². The monoisotopic (exact) mass is 512 g/mol. The van der Waals surface area contributed by atoms with E-state index in [0.29, 0.717) is 53.4 Å². The van der Waals surface area contributed by atoms with Gasteiger partial charge in [0.1, 0.15) is 17.3 Å². The lowest BCUT2D eigenvalue weighted by Crippen LogP contribution is -2.54. The molecule has 1 saturated heterocycles. The van der Waals surface area contributed by atoms with Gasteiger partial charge in [0.2, 0.25) is 0 Å². The molecular weight excluding hydrogens is 480 g/mol. The molecule has 0 saturated carbocycles. The molecule has 1 aromatic heterocycles. The Morgan fingerprint density at radius 2 is 1.66 bits per heavy atom. The quantitative estimate of drug-likeness (QED) is 0.383. The van der Waals surface area contributed by atoms with Gasteiger partial charge in [-0.15, -0.1) is 0 Å². The summed E-state index contributed by atoms with van der Waals surface area (Å²) in [6.07, 6.45) is 0. The van der Waals surface area contributed by atoms with E-state index in [-0.39, 0.29) is 23.6 Å². The predicted octanol–water partition coefficient (Wildman–Crippen LogP) is 4.31. The summed E-state index contributed by atoms with van der Waals surface area (Å²) in [4.78, 5) is 36.2. The van der Waals surface area contributed by atoms with Gasteiger partial charge in [0.15, 0.2) is 0 Å². The van der Waals surface area contributed by atoms with Crippen LogP contribution in [0.2, 0.25) is 0 Å². The van der Waals surface area contributed by atoms with Gasteiger partial charge in [-0.2, -0.15) is 0 Å². The van der Waals surface area contributed by atoms with E-state index in [0.717, 1.165) is 5.75 Å². The van der Waals surface area contributed by atoms with Crippen LogP contribution in [-0.2, 0) is 0 Å². The van der Waals surface area contributed by atoms with E-state index in [1.54, 1.807) is 49.1 Å². The van der Waals surface area contributed by atoms with Gasteiger partial charge in [-0.05, 0) is 62.4 Å². The number of carbonyl (C=O) groups is 1. The van der Waals surface area contributed by atoms with Gasteiger partial charge < -0.3 is 14.4 Å². The summed E-state index contributed by atoms with van der Waals surface area (Å²) in [7, 11) is 3.21. The molecule has 4 aromatic rings. The second kappa shape index (κ2) is 10.7. The Bertz CT molecular complexity index is 1520. The van der Waals surface area contributed by atoms with E-state index >= 15 is 0 Å². The molecule has 1 fully saturated rings. The summed E-state index contributed by atoms with van der Waals surface area (Å²) in [5.41, 5.74) is 1.82. The third-order valence-electron chi connectivity index (χ3n) is 7.31. The van der Waals surface area contributed by atoms with Crippen LogP contribution in [0.4, 0.5) is 0 Å². The van der Waals surface area contributed by atoms with Crippen LogP contribution < -0.4 is 15.0 Å². The second-order valence-corrected chi connectivity index (χ2v) is 9.55. The zero-order valence-electron chi connectivity index (χ0n) is 22.1. The molecule has 38 heavy (non-hydrogen) atoms. The van der Waals surface area contributed by atoms with Crippen molar-refractivity contribution in [2.75, 3.05) is 33.9 Å². The zero-order valence-corrected chi connectivity index (χ0v) is 22.1. The van der Waals surface area contributed by atoms with Crippen LogP contribution in [0.25, 0.3) is 16.6 Å². The number of methoxy groups -OCH3 is 2. The van der Waals surface area contributed by atoms with E-state index in [1.165, 1.54) is 0 Å². The highest BCUT2D eigenvalue weighted by molar-refractivity contribution is 5.94. The molecule has 2 atom stereocenters. The maximum atomic E-state index is 13.8. The number of benzene rings is 3. The van der Waals surface area contributed by atoms with Crippen molar-refractivity contribution in [3.05, 3.63) is 94.5 Å². The molecule has 2 heterocycles. The Kier molecular flexibility index (Phi) is 7.15. The van der Waals surface area contributed by atoms with E-state index in [9.17, 15) is 9.59 Å². The van der Waals surface area contributed by atoms with Crippen LogP contribution in [0.5, 0.6) is 11.5 Å². The number of aromatic nitrogens is 2. The Morgan fingerprint density at radius 1 is 0.947 bits per heavy atom. The van der Waals surface area contributed by atoms with Gasteiger partial charge in [-0.1, -0.05) is 24.3 Å². The third kappa shape index (κ3) is 4.63. The lowest BCUT2D eigenvalue weighted by molar-refractivity contribution is 0.0394. The van der Waals surface area contributed by atoms with Crippen LogP contribution in [0.3, 0.4) is 0 Å². The SMILES string of the molecule is COc1ccc(C(=O)N2CCN(C(C)c3nc4ccccc4c(=O)n3-c3ccccc3OC)CC2C)cc1. The lowest BCUT2D eigenvalue weighted by Gasteiger charge is -2.42. The van der Waals surface area contributed by atoms with Crippen molar-refractivity contribution in [2.45, 2.75) is 25.9 Å². The highest BCUT2D eigenvalue weighted by Crippen LogP contribution is 2.29. The minimum atomic E-state index is -0.182. The topological polar surface area (TPSA) is 76.9 Å². The molecule has 1 aliphatic rings. The average Bonchev–Trinajstić information content (AvgIpc) is 2.96. The van der Waals surface area contributed by atoms with Crippen molar-refractivity contribution in [1.29, 1.82) is 0 Å². The summed E-state index contributed by atoms with van der Waals surface area (Å²) in [6.45, 7) is 6.00. The second-order valence-electron chi connectivity index (χ2n) is 9.55. The Hall–Kier alpha value is -4.17. The van der Waals surface area contributed by atoms with Gasteiger partial charge in [0, 0.05) is 31.2 Å². The largest absolute Gasteiger partial charge is 0.497 e. The number of carbonyl (C=O) groups excluding carboxylic acids is 1. The van der Waals surface area contributed by atoms with E-state index in [4.69, 9.17) is 14.5 Å². The standard InChI is InChI=1S/C30H32N4O4/c1-20-19-32(17-18-33(20)29(35)22-13-15-23(37-3)16-14-22)21(2)28-31-25-10-6-5-9-24(25)30(36)34(28)26-11-7-8-12-27(26)38-4/h5-16,20-21H,17-19H2,1-4H3. The number of hydrogen-bond acceptors (Lipinski definition) is 6. The molecule has 0 radical (unpaired) electrons. The first-order chi connectivity index (χ1) is 18.4. The first-order valence-corrected chi connectivity index (χ1v) is 12.8. The van der Waals surface area contributed by atoms with E-state index in [1.807, 2.05) is 47.4 Å². The summed E-state index contributed by atoms with van der Waals surface area (Å²) in [5, 5.41) is 0.553. The van der Waals surface area contributed by atoms with Crippen LogP contribution in [-0.4, -0.2) is 65.2 Å². The van der Waals surface area contributed by atoms with E-state index in [2.05, 4.69) is 18.7 Å². The Balaban J connectivity index is 1.47. The number of ether oxygens (including phenoxy) is 2. The lowest BCUT2D eigenvalue weighted by atomic mass is 10.1. The molecule has 0 spiro atoms. The van der Waals surface area contributed by atoms with Gasteiger partial charge in [0.25, 0.3) is 11.5 Å². The van der Waals surface area contributed by atoms with Crippen LogP contribution in [0, 0.1) is 0 Å². The fraction of sp³-hybridized carbons (Fsp3) is 0.300. The molecule has 0 bridgehead atoms. The normalized spacial score (nSPS) is 16.8. The maximum absolute atomic E-state index is 13.8. The predicted molar refractivity (Wildman–Crippen MR) is 147 cm³/mol. The summed E-state index contributed by atoms with van der Waals surface area (Å²) < 4.78 is 12.5. The smallest absolute Gasteiger partial charge is 0.266 e. The highest BCUT2D eigenvalue weighted by atomic mass is 16.5. The average molecular weight is 513 g/mol. The first-order valence-electron chi connectivity index (χ1n) is 12.8. The number of hydrogen-bond donors (Lipinski definition) is 0. The summed E-state index contributed by atoms with van der Waals surface area (Å²) in [6, 6.07) is 21.9. The Morgan fingerprint density at radius 3 is 2.37 bits per heavy atom. The van der Waals surface area contributed by atoms with Crippen LogP contribution in [0.15, 0.2) is 77.6 Å². The number of para-hydroxylation sites is 3. The molecule has 1 aliphatic heterocycles. The van der Waals surface area contributed by atoms with Crippen LogP contribution in [0.1, 0.15) is 36.1 Å². The summed E-state index contributed by atoms with van der Waals surface area (Å²) in [5.74, 6) is 1.96. The molecule has 0 N–H and O–H groups in total. The minimum Gasteiger partial charge on any atom is -0.497 e. The van der Waals surface area contributed by atoms with Crippen molar-refractivity contribution in [2.24, 2.45) is 0 Å². The number of fused-ring (bicyclic) bond motifs is 1. The summed E-state index contributed by atoms with van der Waals surface area (Å²) >= 11 is 0. The van der Waals surface area contributed by atoms with E-state index < -0.39 is 0 Å². The fourth-order valence-corrected chi connectivity index (χ4v) is 5.18. The molecule has 5 rings (SSSR count). The molecule has 3 aromatic carbocycles. The number of nitrogens with zero attached hydrogens (tertiary/aromatic N) is 4. The third-order valence-corrected chi connectivity index (χ3v) is 7.31. The molecule has 196 valence electrons. The van der Waals surface area contributed by atoms with Crippen LogP contribution >= 0.6 is 0 Å². The first kappa shape index (κ1) is 25.5. The molecular formula is C30H32N4O4. The van der Waals surface area contributed by atoms with Crippen molar-refractivity contribution in [1.82, 2.24) is 19.4 Å². The molecule has 8 nitrogen and oxygen atoms in total. The van der Waals surface area contributed by atoms with Crippen molar-refractivity contribution < 1.29 is 14.3 Å². The number of amides is 1. The maximum Gasteiger partial charge on any atom is 0.266 e. The number of rotatable bonds is 6. The molecule has 0 aliphatic carbocycles. The van der Waals surface area contributed by atoms with Gasteiger partial charge >= 0.3 is 0 Å². The van der Waals surface area contributed by atoms with Gasteiger partial charge in [-0.3, -0.25) is 19.1 Å². The zero-order chi connectivity index (χ0) is 26.8.